The molecule has 2 aromatic carbocycles. The zero-order chi connectivity index (χ0) is 16.7. The van der Waals surface area contributed by atoms with Crippen molar-refractivity contribution in [2.45, 2.75) is 0 Å². The van der Waals surface area contributed by atoms with Gasteiger partial charge in [-0.2, -0.15) is 0 Å². The van der Waals surface area contributed by atoms with Crippen molar-refractivity contribution in [1.82, 2.24) is 14.4 Å². The van der Waals surface area contributed by atoms with Crippen molar-refractivity contribution < 1.29 is 4.74 Å². The molecule has 0 aliphatic rings. The molecule has 6 heteroatoms. The highest BCUT2D eigenvalue weighted by molar-refractivity contribution is 5.79. The van der Waals surface area contributed by atoms with Crippen LogP contribution in [0.5, 0.6) is 5.75 Å². The van der Waals surface area contributed by atoms with Crippen LogP contribution in [0, 0.1) is 0 Å². The number of imidazole rings is 1. The van der Waals surface area contributed by atoms with Crippen LogP contribution in [0.3, 0.4) is 0 Å². The molecule has 0 bridgehead atoms. The van der Waals surface area contributed by atoms with E-state index in [1.807, 2.05) is 12.1 Å². The molecule has 0 saturated heterocycles. The van der Waals surface area contributed by atoms with Crippen molar-refractivity contribution in [3.8, 4) is 5.75 Å². The summed E-state index contributed by atoms with van der Waals surface area (Å²) in [5, 5.41) is 0.719. The summed E-state index contributed by atoms with van der Waals surface area (Å²) >= 11 is 0. The maximum atomic E-state index is 12.7. The highest BCUT2D eigenvalue weighted by Gasteiger charge is 2.10. The van der Waals surface area contributed by atoms with Crippen molar-refractivity contribution >= 4 is 22.8 Å². The third-order valence-electron chi connectivity index (χ3n) is 3.89. The van der Waals surface area contributed by atoms with E-state index >= 15 is 0 Å². The van der Waals surface area contributed by atoms with Crippen LogP contribution in [-0.4, -0.2) is 21.5 Å². The fraction of sp³-hybridized carbons (Fsp3) is 0.0556. The molecule has 2 heterocycles. The number of nitrogens with one attached hydrogen (secondary N) is 1. The minimum atomic E-state index is -0.356. The SMILES string of the molecule is COc1ccc(/C=c2/c(=O)[nH]c3nc4ccccc4c(=O)n23)cc1. The molecule has 0 amide bonds. The van der Waals surface area contributed by atoms with E-state index in [2.05, 4.69) is 9.97 Å². The average Bonchev–Trinajstić information content (AvgIpc) is 2.91. The van der Waals surface area contributed by atoms with Gasteiger partial charge in [0, 0.05) is 0 Å². The standard InChI is InChI=1S/C18H13N3O3/c1-24-12-8-6-11(7-9-12)10-15-16(22)20-18-19-14-5-3-2-4-13(14)17(23)21(15)18/h2-10H,1H3,(H,19,20,22)/b15-10-. The topological polar surface area (TPSA) is 76.5 Å². The van der Waals surface area contributed by atoms with E-state index in [-0.39, 0.29) is 22.2 Å². The summed E-state index contributed by atoms with van der Waals surface area (Å²) in [5.41, 5.74) is 0.716. The van der Waals surface area contributed by atoms with E-state index in [4.69, 9.17) is 4.74 Å². The number of aromatic amines is 1. The number of nitrogens with zero attached hydrogens (tertiary/aromatic N) is 2. The van der Waals surface area contributed by atoms with Crippen molar-refractivity contribution in [3.05, 3.63) is 80.2 Å². The van der Waals surface area contributed by atoms with Gasteiger partial charge in [-0.05, 0) is 35.9 Å². The number of para-hydroxylation sites is 1. The van der Waals surface area contributed by atoms with Crippen LogP contribution in [-0.2, 0) is 0 Å². The predicted octanol–water partition coefficient (Wildman–Crippen LogP) is 1.09. The summed E-state index contributed by atoms with van der Waals surface area (Å²) in [6.45, 7) is 0. The second-order valence-corrected chi connectivity index (χ2v) is 5.35. The predicted molar refractivity (Wildman–Crippen MR) is 91.4 cm³/mol. The second-order valence-electron chi connectivity index (χ2n) is 5.35. The molecule has 4 rings (SSSR count). The molecule has 0 aliphatic heterocycles. The zero-order valence-electron chi connectivity index (χ0n) is 12.8. The molecule has 1 N–H and O–H groups in total. The Morgan fingerprint density at radius 3 is 2.58 bits per heavy atom. The fourth-order valence-electron chi connectivity index (χ4n) is 2.70. The molecule has 0 fully saturated rings. The highest BCUT2D eigenvalue weighted by atomic mass is 16.5. The number of aromatic nitrogens is 3. The molecular formula is C18H13N3O3. The first kappa shape index (κ1) is 14.2. The molecular weight excluding hydrogens is 306 g/mol. The van der Waals surface area contributed by atoms with Crippen LogP contribution < -0.4 is 21.2 Å². The van der Waals surface area contributed by atoms with Crippen LogP contribution in [0.25, 0.3) is 22.8 Å². The van der Waals surface area contributed by atoms with Crippen molar-refractivity contribution in [2.24, 2.45) is 0 Å². The number of fused-ring (bicyclic) bond motifs is 2. The fourth-order valence-corrected chi connectivity index (χ4v) is 2.70. The van der Waals surface area contributed by atoms with Crippen molar-refractivity contribution in [2.75, 3.05) is 7.11 Å². The number of hydrogen-bond acceptors (Lipinski definition) is 4. The second kappa shape index (κ2) is 5.34. The largest absolute Gasteiger partial charge is 0.497 e. The molecule has 0 atom stereocenters. The van der Waals surface area contributed by atoms with E-state index in [1.54, 1.807) is 49.6 Å². The Labute approximate surface area is 135 Å². The van der Waals surface area contributed by atoms with Crippen LogP contribution in [0.4, 0.5) is 0 Å². The van der Waals surface area contributed by atoms with Crippen LogP contribution in [0.2, 0.25) is 0 Å². The normalized spacial score (nSPS) is 12.1. The molecule has 0 spiro atoms. The van der Waals surface area contributed by atoms with Gasteiger partial charge in [-0.1, -0.05) is 24.3 Å². The Morgan fingerprint density at radius 2 is 1.83 bits per heavy atom. The summed E-state index contributed by atoms with van der Waals surface area (Å²) < 4.78 is 6.43. The summed E-state index contributed by atoms with van der Waals surface area (Å²) in [5.74, 6) is 0.960. The van der Waals surface area contributed by atoms with E-state index in [1.165, 1.54) is 4.40 Å². The number of hydrogen-bond donors (Lipinski definition) is 1. The Balaban J connectivity index is 2.06. The molecule has 0 aliphatic carbocycles. The van der Waals surface area contributed by atoms with E-state index in [0.717, 1.165) is 11.3 Å². The van der Waals surface area contributed by atoms with Gasteiger partial charge in [0.15, 0.2) is 0 Å². The monoisotopic (exact) mass is 319 g/mol. The van der Waals surface area contributed by atoms with Gasteiger partial charge in [0.2, 0.25) is 5.78 Å². The lowest BCUT2D eigenvalue weighted by molar-refractivity contribution is 0.415. The zero-order valence-corrected chi connectivity index (χ0v) is 12.8. The summed E-state index contributed by atoms with van der Waals surface area (Å²) in [6.07, 6.45) is 1.66. The highest BCUT2D eigenvalue weighted by Crippen LogP contribution is 2.11. The Kier molecular flexibility index (Phi) is 3.16. The lowest BCUT2D eigenvalue weighted by atomic mass is 10.2. The molecule has 118 valence electrons. The quantitative estimate of drug-likeness (QED) is 0.600. The number of benzene rings is 2. The van der Waals surface area contributed by atoms with E-state index < -0.39 is 0 Å². The molecule has 0 radical (unpaired) electrons. The first-order valence-electron chi connectivity index (χ1n) is 7.36. The summed E-state index contributed by atoms with van der Waals surface area (Å²) in [7, 11) is 1.59. The first-order chi connectivity index (χ1) is 11.7. The summed E-state index contributed by atoms with van der Waals surface area (Å²) in [6, 6.07) is 14.2. The number of ether oxygens (including phenoxy) is 1. The van der Waals surface area contributed by atoms with Gasteiger partial charge in [-0.15, -0.1) is 0 Å². The van der Waals surface area contributed by atoms with Gasteiger partial charge in [0.25, 0.3) is 11.1 Å². The maximum absolute atomic E-state index is 12.7. The van der Waals surface area contributed by atoms with Gasteiger partial charge in [0.1, 0.15) is 11.1 Å². The van der Waals surface area contributed by atoms with Gasteiger partial charge in [-0.25, -0.2) is 9.38 Å². The van der Waals surface area contributed by atoms with Crippen molar-refractivity contribution in [3.63, 3.8) is 0 Å². The van der Waals surface area contributed by atoms with Gasteiger partial charge in [0.05, 0.1) is 18.0 Å². The van der Waals surface area contributed by atoms with Gasteiger partial charge >= 0.3 is 0 Å². The molecule has 0 saturated carbocycles. The number of methoxy groups -OCH3 is 1. The van der Waals surface area contributed by atoms with Gasteiger partial charge < -0.3 is 4.74 Å². The maximum Gasteiger partial charge on any atom is 0.275 e. The first-order valence-corrected chi connectivity index (χ1v) is 7.36. The molecule has 0 unspecified atom stereocenters. The lowest BCUT2D eigenvalue weighted by Crippen LogP contribution is -2.32. The molecule has 2 aromatic heterocycles. The average molecular weight is 319 g/mol. The Bertz CT molecular complexity index is 1220. The number of rotatable bonds is 2. The third kappa shape index (κ3) is 2.16. The number of H-pyrrole nitrogens is 1. The third-order valence-corrected chi connectivity index (χ3v) is 3.89. The minimum Gasteiger partial charge on any atom is -0.497 e. The van der Waals surface area contributed by atoms with Crippen LogP contribution >= 0.6 is 0 Å². The lowest BCUT2D eigenvalue weighted by Gasteiger charge is -1.99. The van der Waals surface area contributed by atoms with E-state index in [0.29, 0.717) is 10.9 Å². The molecule has 24 heavy (non-hydrogen) atoms. The Morgan fingerprint density at radius 1 is 1.08 bits per heavy atom. The van der Waals surface area contributed by atoms with Crippen LogP contribution in [0.1, 0.15) is 5.56 Å². The van der Waals surface area contributed by atoms with Gasteiger partial charge in [-0.3, -0.25) is 14.6 Å². The van der Waals surface area contributed by atoms with Crippen LogP contribution in [0.15, 0.2) is 58.1 Å². The van der Waals surface area contributed by atoms with E-state index in [9.17, 15) is 9.59 Å². The molecule has 6 nitrogen and oxygen atoms in total. The minimum absolute atomic E-state index is 0.239. The summed E-state index contributed by atoms with van der Waals surface area (Å²) in [4.78, 5) is 32.0. The van der Waals surface area contributed by atoms with Crippen molar-refractivity contribution in [1.29, 1.82) is 0 Å². The smallest absolute Gasteiger partial charge is 0.275 e. The molecule has 4 aromatic rings. The Hall–Kier alpha value is -3.41.